The third-order valence-electron chi connectivity index (χ3n) is 4.10. The van der Waals surface area contributed by atoms with Gasteiger partial charge in [-0.2, -0.15) is 0 Å². The Labute approximate surface area is 171 Å². The Kier molecular flexibility index (Phi) is 5.56. The maximum absolute atomic E-state index is 12.8. The fourth-order valence-corrected chi connectivity index (χ4v) is 4.38. The summed E-state index contributed by atoms with van der Waals surface area (Å²) in [5.74, 6) is -0.201. The maximum atomic E-state index is 12.8. The number of nitrogens with one attached hydrogen (secondary N) is 1. The van der Waals surface area contributed by atoms with Crippen molar-refractivity contribution in [3.63, 3.8) is 0 Å². The van der Waals surface area contributed by atoms with Crippen LogP contribution in [0.2, 0.25) is 0 Å². The normalized spacial score (nSPS) is 18.8. The first-order chi connectivity index (χ1) is 11.4. The molecule has 0 bridgehead atoms. The van der Waals surface area contributed by atoms with Gasteiger partial charge in [-0.3, -0.25) is 0 Å². The Bertz CT molecular complexity index is 797. The lowest BCUT2D eigenvalue weighted by Crippen LogP contribution is -2.48. The Morgan fingerprint density at radius 3 is 2.71 bits per heavy atom. The van der Waals surface area contributed by atoms with Gasteiger partial charge >= 0.3 is 5.97 Å². The van der Waals surface area contributed by atoms with E-state index in [2.05, 4.69) is 78.0 Å². The van der Waals surface area contributed by atoms with Gasteiger partial charge in [-0.15, -0.1) is 0 Å². The van der Waals surface area contributed by atoms with Crippen LogP contribution in [-0.4, -0.2) is 18.1 Å². The molecule has 0 amide bonds. The number of carbonyl (C=O) groups excluding carboxylic acids is 1. The summed E-state index contributed by atoms with van der Waals surface area (Å²) < 4.78 is 8.57. The van der Waals surface area contributed by atoms with Crippen LogP contribution in [0.15, 0.2) is 45.3 Å². The minimum Gasteiger partial charge on any atom is -0.464 e. The minimum atomic E-state index is -0.764. The van der Waals surface area contributed by atoms with Gasteiger partial charge in [-0.25, -0.2) is 4.79 Å². The highest BCUT2D eigenvalue weighted by Gasteiger charge is 2.45. The average molecular weight is 565 g/mol. The summed E-state index contributed by atoms with van der Waals surface area (Å²) in [4.78, 5) is 12.8. The number of hydrogen-bond acceptors (Lipinski definition) is 3. The Morgan fingerprint density at radius 1 is 1.25 bits per heavy atom. The summed E-state index contributed by atoms with van der Waals surface area (Å²) in [6, 6.07) is 12.2. The fraction of sp³-hybridized carbons (Fsp3) is 0.278. The van der Waals surface area contributed by atoms with Gasteiger partial charge in [-0.1, -0.05) is 31.9 Å². The molecule has 1 N–H and O–H groups in total. The van der Waals surface area contributed by atoms with Gasteiger partial charge in [0.1, 0.15) is 5.54 Å². The van der Waals surface area contributed by atoms with E-state index in [4.69, 9.17) is 4.74 Å². The quantitative estimate of drug-likeness (QED) is 0.403. The van der Waals surface area contributed by atoms with E-state index >= 15 is 0 Å². The van der Waals surface area contributed by atoms with Crippen molar-refractivity contribution in [2.45, 2.75) is 25.3 Å². The monoisotopic (exact) mass is 563 g/mol. The molecule has 0 saturated heterocycles. The number of halogens is 3. The number of rotatable bonds is 4. The Morgan fingerprint density at radius 2 is 1.96 bits per heavy atom. The summed E-state index contributed by atoms with van der Waals surface area (Å²) in [5, 5.41) is 3.44. The standard InChI is InChI=1S/C18H16Br2INO2/c1-2-24-17(23)18(9-11-7-13(19)3-5-15(11)21)10-12-8-14(20)4-6-16(12)22-18/h3-8,22H,2,9-10H2,1H3/t18-/m1/s1. The van der Waals surface area contributed by atoms with Gasteiger partial charge in [0.2, 0.25) is 0 Å². The average Bonchev–Trinajstić information content (AvgIpc) is 2.90. The second-order valence-corrected chi connectivity index (χ2v) is 8.81. The zero-order valence-corrected chi connectivity index (χ0v) is 18.4. The van der Waals surface area contributed by atoms with Crippen molar-refractivity contribution >= 4 is 66.1 Å². The van der Waals surface area contributed by atoms with Crippen LogP contribution in [0.5, 0.6) is 0 Å². The lowest BCUT2D eigenvalue weighted by atomic mass is 9.88. The third kappa shape index (κ3) is 3.65. The fourth-order valence-electron chi connectivity index (χ4n) is 3.03. The van der Waals surface area contributed by atoms with Crippen LogP contribution in [0.1, 0.15) is 18.1 Å². The number of ether oxygens (including phenoxy) is 1. The summed E-state index contributed by atoms with van der Waals surface area (Å²) in [6.07, 6.45) is 1.19. The van der Waals surface area contributed by atoms with E-state index in [1.54, 1.807) is 0 Å². The van der Waals surface area contributed by atoms with Crippen molar-refractivity contribution in [2.24, 2.45) is 0 Å². The Hall–Kier alpha value is -0.600. The molecule has 126 valence electrons. The van der Waals surface area contributed by atoms with Crippen LogP contribution in [0.3, 0.4) is 0 Å². The third-order valence-corrected chi connectivity index (χ3v) is 6.14. The van der Waals surface area contributed by atoms with Gasteiger partial charge in [0.15, 0.2) is 0 Å². The summed E-state index contributed by atoms with van der Waals surface area (Å²) in [7, 11) is 0. The predicted molar refractivity (Wildman–Crippen MR) is 111 cm³/mol. The highest BCUT2D eigenvalue weighted by molar-refractivity contribution is 14.1. The minimum absolute atomic E-state index is 0.201. The lowest BCUT2D eigenvalue weighted by Gasteiger charge is -2.28. The number of benzene rings is 2. The first kappa shape index (κ1) is 18.2. The molecule has 0 radical (unpaired) electrons. The largest absolute Gasteiger partial charge is 0.464 e. The second-order valence-electron chi connectivity index (χ2n) is 5.82. The summed E-state index contributed by atoms with van der Waals surface area (Å²) in [5.41, 5.74) is 2.48. The molecule has 1 atom stereocenters. The molecule has 3 nitrogen and oxygen atoms in total. The molecular weight excluding hydrogens is 549 g/mol. The van der Waals surface area contributed by atoms with Crippen LogP contribution in [0.25, 0.3) is 0 Å². The van der Waals surface area contributed by atoms with E-state index in [1.165, 1.54) is 0 Å². The van der Waals surface area contributed by atoms with Crippen molar-refractivity contribution in [1.82, 2.24) is 0 Å². The van der Waals surface area contributed by atoms with Crippen LogP contribution < -0.4 is 5.32 Å². The van der Waals surface area contributed by atoms with E-state index in [1.807, 2.05) is 25.1 Å². The first-order valence-electron chi connectivity index (χ1n) is 7.61. The molecule has 0 aromatic heterocycles. The Balaban J connectivity index is 1.99. The van der Waals surface area contributed by atoms with Crippen molar-refractivity contribution in [3.05, 3.63) is 60.0 Å². The van der Waals surface area contributed by atoms with Crippen LogP contribution in [-0.2, 0) is 22.4 Å². The molecular formula is C18H16Br2INO2. The maximum Gasteiger partial charge on any atom is 0.332 e. The van der Waals surface area contributed by atoms with E-state index in [0.717, 1.165) is 29.3 Å². The van der Waals surface area contributed by atoms with Crippen LogP contribution in [0.4, 0.5) is 5.69 Å². The number of hydrogen-bond donors (Lipinski definition) is 1. The van der Waals surface area contributed by atoms with E-state index in [0.29, 0.717) is 19.4 Å². The van der Waals surface area contributed by atoms with Crippen LogP contribution >= 0.6 is 54.5 Å². The molecule has 0 unspecified atom stereocenters. The highest BCUT2D eigenvalue weighted by atomic mass is 127. The number of fused-ring (bicyclic) bond motifs is 1. The first-order valence-corrected chi connectivity index (χ1v) is 10.3. The van der Waals surface area contributed by atoms with Gasteiger partial charge in [0, 0.05) is 31.0 Å². The molecule has 0 saturated carbocycles. The molecule has 24 heavy (non-hydrogen) atoms. The van der Waals surface area contributed by atoms with Gasteiger partial charge in [0.25, 0.3) is 0 Å². The van der Waals surface area contributed by atoms with Gasteiger partial charge in [-0.05, 0) is 77.0 Å². The molecule has 6 heteroatoms. The topological polar surface area (TPSA) is 38.3 Å². The highest BCUT2D eigenvalue weighted by Crippen LogP contribution is 2.38. The molecule has 1 aliphatic rings. The predicted octanol–water partition coefficient (Wildman–Crippen LogP) is 5.33. The molecule has 1 heterocycles. The molecule has 0 fully saturated rings. The molecule has 0 spiro atoms. The molecule has 2 aromatic carbocycles. The molecule has 2 aromatic rings. The zero-order chi connectivity index (χ0) is 17.3. The summed E-state index contributed by atoms with van der Waals surface area (Å²) >= 11 is 9.34. The van der Waals surface area contributed by atoms with Gasteiger partial charge < -0.3 is 10.1 Å². The lowest BCUT2D eigenvalue weighted by molar-refractivity contribution is -0.148. The van der Waals surface area contributed by atoms with Crippen molar-refractivity contribution in [1.29, 1.82) is 0 Å². The molecule has 3 rings (SSSR count). The van der Waals surface area contributed by atoms with E-state index in [-0.39, 0.29) is 5.97 Å². The van der Waals surface area contributed by atoms with Crippen molar-refractivity contribution in [3.8, 4) is 0 Å². The number of carbonyl (C=O) groups is 1. The van der Waals surface area contributed by atoms with Crippen LogP contribution in [0, 0.1) is 3.57 Å². The number of anilines is 1. The van der Waals surface area contributed by atoms with E-state index < -0.39 is 5.54 Å². The van der Waals surface area contributed by atoms with Crippen molar-refractivity contribution < 1.29 is 9.53 Å². The zero-order valence-electron chi connectivity index (χ0n) is 13.0. The number of esters is 1. The molecule has 1 aliphatic heterocycles. The molecule has 0 aliphatic carbocycles. The van der Waals surface area contributed by atoms with Gasteiger partial charge in [0.05, 0.1) is 6.61 Å². The SMILES string of the molecule is CCOC(=O)[C@@]1(Cc2cc(Br)ccc2I)Cc2cc(Br)ccc2N1. The smallest absolute Gasteiger partial charge is 0.332 e. The van der Waals surface area contributed by atoms with Crippen molar-refractivity contribution in [2.75, 3.05) is 11.9 Å². The summed E-state index contributed by atoms with van der Waals surface area (Å²) in [6.45, 7) is 2.21. The second kappa shape index (κ2) is 7.33. The van der Waals surface area contributed by atoms with E-state index in [9.17, 15) is 4.79 Å².